The van der Waals surface area contributed by atoms with Crippen LogP contribution in [0.1, 0.15) is 58.7 Å². The fraction of sp³-hybridized carbons (Fsp3) is 0.240. The summed E-state index contributed by atoms with van der Waals surface area (Å²) in [6, 6.07) is 39.3. The molecule has 0 saturated heterocycles. The van der Waals surface area contributed by atoms with Crippen LogP contribution >= 0.6 is 24.8 Å². The van der Waals surface area contributed by atoms with Gasteiger partial charge in [-0.25, -0.2) is 0 Å². The van der Waals surface area contributed by atoms with E-state index in [1.165, 1.54) is 77.2 Å². The van der Waals surface area contributed by atoms with Crippen molar-refractivity contribution in [2.75, 3.05) is 0 Å². The van der Waals surface area contributed by atoms with E-state index in [1.807, 2.05) is 26.0 Å². The van der Waals surface area contributed by atoms with Crippen LogP contribution in [0.4, 0.5) is 0 Å². The number of fused-ring (bicyclic) bond motifs is 2. The fourth-order valence-electron chi connectivity index (χ4n) is 7.51. The van der Waals surface area contributed by atoms with Crippen LogP contribution in [0.2, 0.25) is 13.1 Å². The van der Waals surface area contributed by atoms with E-state index in [1.54, 1.807) is 23.3 Å². The third-order valence-corrected chi connectivity index (χ3v) is 10.4. The minimum Gasteiger partial charge on any atom is -0.147 e. The smallest absolute Gasteiger partial charge is 0.147 e. The molecule has 0 unspecified atom stereocenters. The van der Waals surface area contributed by atoms with Gasteiger partial charge in [-0.2, -0.15) is 0 Å². The molecule has 8 rings (SSSR count). The van der Waals surface area contributed by atoms with Crippen molar-refractivity contribution in [3.05, 3.63) is 154 Å². The number of rotatable bonds is 6. The van der Waals surface area contributed by atoms with Gasteiger partial charge in [-0.15, -0.1) is 82.8 Å². The summed E-state index contributed by atoms with van der Waals surface area (Å²) in [4.78, 5) is 0. The van der Waals surface area contributed by atoms with Crippen LogP contribution in [0.3, 0.4) is 0 Å². The Hall–Kier alpha value is -3.66. The van der Waals surface area contributed by atoms with Crippen LogP contribution in [-0.2, 0) is 36.2 Å². The molecule has 0 aliphatic rings. The van der Waals surface area contributed by atoms with E-state index in [0.29, 0.717) is 0 Å². The van der Waals surface area contributed by atoms with Gasteiger partial charge in [0.25, 0.3) is 0 Å². The molecule has 56 heavy (non-hydrogen) atoms. The van der Waals surface area contributed by atoms with Gasteiger partial charge in [0, 0.05) is 0 Å². The van der Waals surface area contributed by atoms with E-state index in [0.717, 1.165) is 47.0 Å². The Kier molecular flexibility index (Phi) is 15.8. The molecule has 6 heteroatoms. The first-order valence-electron chi connectivity index (χ1n) is 19.1. The fourth-order valence-corrected chi connectivity index (χ4v) is 7.51. The Balaban J connectivity index is 0.000000220. The molecule has 0 saturated carbocycles. The predicted molar refractivity (Wildman–Crippen MR) is 245 cm³/mol. The Bertz CT molecular complexity index is 2420. The molecule has 2 nitrogen and oxygen atoms in total. The molecular formula is C50H54Cl2O2SiZr. The summed E-state index contributed by atoms with van der Waals surface area (Å²) in [5, 5.41) is 5.20. The molecule has 0 bridgehead atoms. The molecule has 288 valence electrons. The molecule has 0 spiro atoms. The first-order chi connectivity index (χ1) is 25.9. The van der Waals surface area contributed by atoms with Crippen molar-refractivity contribution in [1.82, 2.24) is 0 Å². The van der Waals surface area contributed by atoms with Crippen molar-refractivity contribution in [3.63, 3.8) is 0 Å². The zero-order valence-electron chi connectivity index (χ0n) is 34.4. The molecular weight excluding hydrogens is 823 g/mol. The maximum atomic E-state index is 5.85. The Labute approximate surface area is 361 Å². The van der Waals surface area contributed by atoms with Crippen LogP contribution in [0.25, 0.3) is 66.4 Å². The number of aryl methyl sites for hydroxylation is 6. The van der Waals surface area contributed by atoms with Crippen molar-refractivity contribution < 1.29 is 32.2 Å². The Morgan fingerprint density at radius 2 is 0.893 bits per heavy atom. The van der Waals surface area contributed by atoms with Crippen LogP contribution in [-0.4, -0.2) is 5.43 Å². The third kappa shape index (κ3) is 9.71. The second-order valence-electron chi connectivity index (χ2n) is 14.7. The number of benzene rings is 4. The van der Waals surface area contributed by atoms with E-state index in [2.05, 4.69) is 152 Å². The SMILES string of the molecule is CCc1ccccc1-c1c(C)c(C)cc2[cH-]c(-c3ccc(C)o3)cc12.CCc1ccccc1-c1c(C)c(C)cc2[cH-]c(-c3ccc(C)o3)cc12.C[Si](C)=[Zr+2].Cl.Cl. The third-order valence-electron chi connectivity index (χ3n) is 10.4. The van der Waals surface area contributed by atoms with Crippen LogP contribution < -0.4 is 0 Å². The average molecular weight is 877 g/mol. The van der Waals surface area contributed by atoms with E-state index in [-0.39, 0.29) is 30.2 Å². The van der Waals surface area contributed by atoms with Crippen molar-refractivity contribution in [1.29, 1.82) is 0 Å². The first-order valence-corrected chi connectivity index (χ1v) is 25.3. The normalized spacial score (nSPS) is 10.6. The quantitative estimate of drug-likeness (QED) is 0.123. The van der Waals surface area contributed by atoms with Gasteiger partial charge in [-0.1, -0.05) is 95.8 Å². The van der Waals surface area contributed by atoms with E-state index in [4.69, 9.17) is 8.83 Å². The summed E-state index contributed by atoms with van der Waals surface area (Å²) < 4.78 is 11.7. The van der Waals surface area contributed by atoms with Gasteiger partial charge >= 0.3 is 41.9 Å². The van der Waals surface area contributed by atoms with Crippen molar-refractivity contribution in [2.45, 2.75) is 81.3 Å². The maximum absolute atomic E-state index is 5.85. The maximum Gasteiger partial charge on any atom is -0.147 e. The van der Waals surface area contributed by atoms with Gasteiger partial charge in [0.2, 0.25) is 0 Å². The molecule has 8 aromatic rings. The topological polar surface area (TPSA) is 26.3 Å². The number of hydrogen-bond acceptors (Lipinski definition) is 2. The second-order valence-corrected chi connectivity index (χ2v) is 24.1. The van der Waals surface area contributed by atoms with Gasteiger partial charge in [0.1, 0.15) is 0 Å². The predicted octanol–water partition coefficient (Wildman–Crippen LogP) is 15.6. The first kappa shape index (κ1) is 45.0. The van der Waals surface area contributed by atoms with E-state index >= 15 is 0 Å². The summed E-state index contributed by atoms with van der Waals surface area (Å²) in [6.07, 6.45) is 2.08. The molecule has 0 radical (unpaired) electrons. The summed E-state index contributed by atoms with van der Waals surface area (Å²) in [6.45, 7) is 21.9. The average Bonchev–Trinajstić information content (AvgIpc) is 3.96. The van der Waals surface area contributed by atoms with Crippen LogP contribution in [0.5, 0.6) is 0 Å². The minimum atomic E-state index is 0. The second kappa shape index (κ2) is 19.7. The van der Waals surface area contributed by atoms with Gasteiger partial charge in [0.15, 0.2) is 0 Å². The van der Waals surface area contributed by atoms with Gasteiger partial charge in [-0.3, -0.25) is 0 Å². The van der Waals surface area contributed by atoms with Gasteiger partial charge in [-0.05, 0) is 112 Å². The molecule has 2 aromatic heterocycles. The van der Waals surface area contributed by atoms with Crippen LogP contribution in [0.15, 0.2) is 118 Å². The van der Waals surface area contributed by atoms with Crippen molar-refractivity contribution in [2.24, 2.45) is 0 Å². The molecule has 2 heterocycles. The largest absolute Gasteiger partial charge is 0.147 e. The van der Waals surface area contributed by atoms with Gasteiger partial charge < -0.3 is 8.83 Å². The van der Waals surface area contributed by atoms with Crippen LogP contribution in [0, 0.1) is 41.5 Å². The summed E-state index contributed by atoms with van der Waals surface area (Å²) >= 11 is 1.74. The number of furan rings is 2. The minimum absolute atomic E-state index is 0. The zero-order chi connectivity index (χ0) is 38.7. The zero-order valence-corrected chi connectivity index (χ0v) is 39.5. The number of halogens is 2. The molecule has 0 amide bonds. The number of hydrogen-bond donors (Lipinski definition) is 0. The Morgan fingerprint density at radius 3 is 1.21 bits per heavy atom. The van der Waals surface area contributed by atoms with Gasteiger partial charge in [0.05, 0.1) is 23.0 Å². The van der Waals surface area contributed by atoms with E-state index < -0.39 is 0 Å². The standard InChI is InChI=1S/2C24H23O.C2H6Si.2ClH.Zr/c2*1-5-18-8-6-7-9-21(18)24-17(4)15(2)12-19-13-20(14-22(19)24)23-11-10-16(3)25-23;1-3-2;;;/h2*6-14H,5H2,1-4H3;1-2H3;2*1H;/q2*-1;;;;+2. The summed E-state index contributed by atoms with van der Waals surface area (Å²) in [5.41, 5.74) is 16.1. The molecule has 0 aliphatic carbocycles. The van der Waals surface area contributed by atoms with E-state index in [9.17, 15) is 0 Å². The Morgan fingerprint density at radius 1 is 0.536 bits per heavy atom. The molecule has 0 atom stereocenters. The summed E-state index contributed by atoms with van der Waals surface area (Å²) in [7, 11) is 0. The van der Waals surface area contributed by atoms with Crippen molar-refractivity contribution >= 4 is 51.8 Å². The molecule has 0 aliphatic heterocycles. The van der Waals surface area contributed by atoms with Crippen molar-refractivity contribution in [3.8, 4) is 44.9 Å². The molecule has 0 fully saturated rings. The summed E-state index contributed by atoms with van der Waals surface area (Å²) in [5.74, 6) is 3.78. The molecule has 0 N–H and O–H groups in total. The molecule has 6 aromatic carbocycles. The monoisotopic (exact) mass is 874 g/mol.